The van der Waals surface area contributed by atoms with E-state index >= 15 is 0 Å². The van der Waals surface area contributed by atoms with Gasteiger partial charge in [-0.05, 0) is 62.0 Å². The Bertz CT molecular complexity index is 517. The van der Waals surface area contributed by atoms with Gasteiger partial charge in [-0.15, -0.1) is 0 Å². The number of fused-ring (bicyclic) bond motifs is 1. The fourth-order valence-corrected chi connectivity index (χ4v) is 4.86. The SMILES string of the molecule is Cc1ccc(C(=O)OC23CC4C(C)C(C2)C4C3)cc1. The summed E-state index contributed by atoms with van der Waals surface area (Å²) in [6.07, 6.45) is 3.32. The van der Waals surface area contributed by atoms with E-state index in [4.69, 9.17) is 4.74 Å². The average Bonchev–Trinajstić information content (AvgIpc) is 2.90. The predicted octanol–water partition coefficient (Wildman–Crippen LogP) is 3.59. The molecule has 2 unspecified atom stereocenters. The third-order valence-electron chi connectivity index (χ3n) is 5.87. The van der Waals surface area contributed by atoms with Crippen LogP contribution in [0.25, 0.3) is 0 Å². The van der Waals surface area contributed by atoms with E-state index in [9.17, 15) is 4.79 Å². The maximum Gasteiger partial charge on any atom is 0.338 e. The summed E-state index contributed by atoms with van der Waals surface area (Å²) in [5, 5.41) is 0. The molecule has 4 rings (SSSR count). The second kappa shape index (κ2) is 3.62. The van der Waals surface area contributed by atoms with Gasteiger partial charge in [0.25, 0.3) is 0 Å². The van der Waals surface area contributed by atoms with Gasteiger partial charge >= 0.3 is 5.97 Å². The van der Waals surface area contributed by atoms with Crippen molar-refractivity contribution in [3.8, 4) is 0 Å². The van der Waals surface area contributed by atoms with Crippen molar-refractivity contribution in [2.24, 2.45) is 23.7 Å². The van der Waals surface area contributed by atoms with Crippen LogP contribution in [0.5, 0.6) is 0 Å². The number of ether oxygens (including phenoxy) is 1. The van der Waals surface area contributed by atoms with Crippen LogP contribution in [0.3, 0.4) is 0 Å². The van der Waals surface area contributed by atoms with Crippen molar-refractivity contribution in [2.75, 3.05) is 0 Å². The number of carbonyl (C=O) groups is 1. The van der Waals surface area contributed by atoms with E-state index in [1.54, 1.807) is 0 Å². The third kappa shape index (κ3) is 1.52. The Morgan fingerprint density at radius 2 is 1.68 bits per heavy atom. The molecule has 3 aliphatic rings. The smallest absolute Gasteiger partial charge is 0.338 e. The number of hydrogen-bond acceptors (Lipinski definition) is 2. The molecule has 100 valence electrons. The van der Waals surface area contributed by atoms with Crippen LogP contribution in [0.1, 0.15) is 42.1 Å². The molecule has 3 saturated carbocycles. The minimum absolute atomic E-state index is 0.117. The number of esters is 1. The zero-order valence-corrected chi connectivity index (χ0v) is 11.6. The van der Waals surface area contributed by atoms with E-state index in [1.165, 1.54) is 5.56 Å². The van der Waals surface area contributed by atoms with E-state index in [-0.39, 0.29) is 11.6 Å². The molecular weight excluding hydrogens is 236 g/mol. The molecule has 1 aromatic carbocycles. The van der Waals surface area contributed by atoms with Crippen molar-refractivity contribution in [2.45, 2.75) is 38.7 Å². The summed E-state index contributed by atoms with van der Waals surface area (Å²) in [4.78, 5) is 12.3. The fraction of sp³-hybridized carbons (Fsp3) is 0.588. The molecule has 2 nitrogen and oxygen atoms in total. The van der Waals surface area contributed by atoms with Crippen LogP contribution in [0.2, 0.25) is 0 Å². The lowest BCUT2D eigenvalue weighted by Gasteiger charge is -2.50. The number of benzene rings is 1. The van der Waals surface area contributed by atoms with E-state index in [2.05, 4.69) is 6.92 Å². The average molecular weight is 256 g/mol. The molecule has 0 aromatic heterocycles. The van der Waals surface area contributed by atoms with Crippen LogP contribution in [0.4, 0.5) is 0 Å². The Balaban J connectivity index is 1.51. The largest absolute Gasteiger partial charge is 0.455 e. The van der Waals surface area contributed by atoms with Crippen molar-refractivity contribution in [1.82, 2.24) is 0 Å². The maximum absolute atomic E-state index is 12.3. The van der Waals surface area contributed by atoms with Gasteiger partial charge in [0, 0.05) is 0 Å². The summed E-state index contributed by atoms with van der Waals surface area (Å²) in [6, 6.07) is 7.69. The summed E-state index contributed by atoms with van der Waals surface area (Å²) in [7, 11) is 0. The van der Waals surface area contributed by atoms with Gasteiger partial charge in [0.05, 0.1) is 5.56 Å². The number of hydrogen-bond donors (Lipinski definition) is 0. The minimum Gasteiger partial charge on any atom is -0.455 e. The highest BCUT2D eigenvalue weighted by Gasteiger charge is 2.67. The van der Waals surface area contributed by atoms with Gasteiger partial charge in [-0.1, -0.05) is 24.6 Å². The number of aryl methyl sites for hydroxylation is 1. The fourth-order valence-electron chi connectivity index (χ4n) is 4.86. The molecule has 19 heavy (non-hydrogen) atoms. The molecule has 2 heteroatoms. The Labute approximate surface area is 114 Å². The molecule has 0 radical (unpaired) electrons. The van der Waals surface area contributed by atoms with Crippen molar-refractivity contribution in [3.63, 3.8) is 0 Å². The third-order valence-corrected chi connectivity index (χ3v) is 5.87. The summed E-state index contributed by atoms with van der Waals surface area (Å²) in [5.41, 5.74) is 1.75. The standard InChI is InChI=1S/C17H20O2/c1-10-3-5-12(6-4-10)16(18)19-17-7-13-11(2)14(8-17)15(13)9-17/h3-6,11,13-15H,7-9H2,1-2H3. The Morgan fingerprint density at radius 3 is 2.26 bits per heavy atom. The lowest BCUT2D eigenvalue weighted by atomic mass is 9.56. The highest BCUT2D eigenvalue weighted by molar-refractivity contribution is 5.89. The molecule has 0 spiro atoms. The summed E-state index contributed by atoms with van der Waals surface area (Å²) >= 11 is 0. The van der Waals surface area contributed by atoms with Gasteiger partial charge in [-0.25, -0.2) is 4.79 Å². The quantitative estimate of drug-likeness (QED) is 0.756. The molecular formula is C17H20O2. The first-order valence-electron chi connectivity index (χ1n) is 7.38. The monoisotopic (exact) mass is 256 g/mol. The van der Waals surface area contributed by atoms with Gasteiger partial charge in [0.2, 0.25) is 0 Å². The van der Waals surface area contributed by atoms with Crippen molar-refractivity contribution in [3.05, 3.63) is 35.4 Å². The van der Waals surface area contributed by atoms with Gasteiger partial charge in [-0.2, -0.15) is 0 Å². The van der Waals surface area contributed by atoms with Crippen LogP contribution in [0.15, 0.2) is 24.3 Å². The van der Waals surface area contributed by atoms with Crippen molar-refractivity contribution < 1.29 is 9.53 Å². The van der Waals surface area contributed by atoms with E-state index < -0.39 is 0 Å². The van der Waals surface area contributed by atoms with Crippen LogP contribution in [-0.2, 0) is 4.74 Å². The lowest BCUT2D eigenvalue weighted by Crippen LogP contribution is -2.47. The molecule has 0 aliphatic heterocycles. The first kappa shape index (κ1) is 11.5. The Hall–Kier alpha value is -1.31. The van der Waals surface area contributed by atoms with Gasteiger partial charge in [0.15, 0.2) is 0 Å². The topological polar surface area (TPSA) is 26.3 Å². The van der Waals surface area contributed by atoms with E-state index in [1.807, 2.05) is 31.2 Å². The lowest BCUT2D eigenvalue weighted by molar-refractivity contribution is -0.0715. The number of rotatable bonds is 2. The van der Waals surface area contributed by atoms with Crippen LogP contribution in [0, 0.1) is 30.6 Å². The highest BCUT2D eigenvalue weighted by Crippen LogP contribution is 2.69. The summed E-state index contributed by atoms with van der Waals surface area (Å²) in [6.45, 7) is 4.39. The predicted molar refractivity (Wildman–Crippen MR) is 72.8 cm³/mol. The van der Waals surface area contributed by atoms with Crippen LogP contribution in [-0.4, -0.2) is 11.6 Å². The van der Waals surface area contributed by atoms with E-state index in [0.29, 0.717) is 5.56 Å². The minimum atomic E-state index is -0.130. The number of carbonyl (C=O) groups excluding carboxylic acids is 1. The molecule has 0 N–H and O–H groups in total. The first-order chi connectivity index (χ1) is 9.08. The zero-order chi connectivity index (χ0) is 13.2. The molecule has 0 saturated heterocycles. The van der Waals surface area contributed by atoms with Gasteiger partial charge in [-0.3, -0.25) is 0 Å². The second-order valence-electron chi connectivity index (χ2n) is 6.90. The summed E-state index contributed by atoms with van der Waals surface area (Å²) in [5.74, 6) is 3.23. The molecule has 1 aromatic rings. The second-order valence-corrected chi connectivity index (χ2v) is 6.90. The van der Waals surface area contributed by atoms with Crippen molar-refractivity contribution in [1.29, 1.82) is 0 Å². The molecule has 3 aliphatic carbocycles. The molecule has 2 bridgehead atoms. The molecule has 2 atom stereocenters. The highest BCUT2D eigenvalue weighted by atomic mass is 16.6. The summed E-state index contributed by atoms with van der Waals surface area (Å²) < 4.78 is 5.93. The maximum atomic E-state index is 12.3. The van der Waals surface area contributed by atoms with E-state index in [0.717, 1.165) is 42.9 Å². The normalized spacial score (nSPS) is 42.0. The first-order valence-corrected chi connectivity index (χ1v) is 7.38. The Kier molecular flexibility index (Phi) is 2.19. The van der Waals surface area contributed by atoms with Crippen LogP contribution < -0.4 is 0 Å². The van der Waals surface area contributed by atoms with Crippen LogP contribution >= 0.6 is 0 Å². The Morgan fingerprint density at radius 1 is 1.11 bits per heavy atom. The van der Waals surface area contributed by atoms with Gasteiger partial charge in [0.1, 0.15) is 5.60 Å². The van der Waals surface area contributed by atoms with Crippen molar-refractivity contribution >= 4 is 5.97 Å². The molecule has 0 heterocycles. The molecule has 3 fully saturated rings. The van der Waals surface area contributed by atoms with Gasteiger partial charge < -0.3 is 4.74 Å². The molecule has 0 amide bonds. The zero-order valence-electron chi connectivity index (χ0n) is 11.6.